The topological polar surface area (TPSA) is 143 Å². The van der Waals surface area contributed by atoms with Gasteiger partial charge in [-0.2, -0.15) is 0 Å². The number of amides is 3. The summed E-state index contributed by atoms with van der Waals surface area (Å²) in [5, 5.41) is 2.25. The molecule has 0 bridgehead atoms. The van der Waals surface area contributed by atoms with Crippen molar-refractivity contribution >= 4 is 29.0 Å². The number of ether oxygens (including phenoxy) is 2. The zero-order chi connectivity index (χ0) is 20.1. The maximum absolute atomic E-state index is 12.4. The molecule has 3 rings (SSSR count). The van der Waals surface area contributed by atoms with Crippen molar-refractivity contribution in [2.24, 2.45) is 5.73 Å². The summed E-state index contributed by atoms with van der Waals surface area (Å²) >= 11 is 0. The van der Waals surface area contributed by atoms with Gasteiger partial charge in [-0.15, -0.1) is 0 Å². The van der Waals surface area contributed by atoms with E-state index in [9.17, 15) is 19.2 Å². The van der Waals surface area contributed by atoms with Crippen LogP contribution in [-0.4, -0.2) is 42.3 Å². The zero-order valence-electron chi connectivity index (χ0n) is 15.1. The van der Waals surface area contributed by atoms with Crippen LogP contribution in [0.3, 0.4) is 0 Å². The molecule has 0 spiro atoms. The molecule has 2 aromatic rings. The number of nitrogens with zero attached hydrogens (tertiary/aromatic N) is 1. The van der Waals surface area contributed by atoms with Crippen molar-refractivity contribution in [2.75, 3.05) is 19.8 Å². The fraction of sp³-hybridized carbons (Fsp3) is 0.444. The lowest BCUT2D eigenvalue weighted by atomic mass is 10.0. The molecule has 1 aliphatic rings. The second kappa shape index (κ2) is 8.70. The Hall–Kier alpha value is -3.14. The third kappa shape index (κ3) is 4.39. The van der Waals surface area contributed by atoms with Crippen LogP contribution in [0.2, 0.25) is 0 Å². The van der Waals surface area contributed by atoms with Gasteiger partial charge >= 0.3 is 11.8 Å². The molecule has 1 aliphatic heterocycles. The number of hydrogen-bond donors (Lipinski definition) is 2. The largest absolute Gasteiger partial charge is 0.447 e. The second-order valence-electron chi connectivity index (χ2n) is 6.35. The van der Waals surface area contributed by atoms with Gasteiger partial charge in [0.2, 0.25) is 11.8 Å². The SMILES string of the molecule is NC(=O)OCCOCCCc1cccc2c1oc(=O)n2C1CCC(=O)NC1=O. The Morgan fingerprint density at radius 3 is 2.82 bits per heavy atom. The maximum atomic E-state index is 12.4. The number of fused-ring (bicyclic) bond motifs is 1. The molecular weight excluding hydrogens is 370 g/mol. The number of carbonyl (C=O) groups is 3. The number of carbonyl (C=O) groups excluding carboxylic acids is 3. The Morgan fingerprint density at radius 2 is 2.07 bits per heavy atom. The molecule has 1 unspecified atom stereocenters. The fourth-order valence-corrected chi connectivity index (χ4v) is 3.20. The van der Waals surface area contributed by atoms with Crippen LogP contribution in [0.4, 0.5) is 4.79 Å². The van der Waals surface area contributed by atoms with E-state index < -0.39 is 23.8 Å². The van der Waals surface area contributed by atoms with Crippen molar-refractivity contribution in [2.45, 2.75) is 31.7 Å². The van der Waals surface area contributed by atoms with Gasteiger partial charge < -0.3 is 19.6 Å². The van der Waals surface area contributed by atoms with E-state index >= 15 is 0 Å². The average Bonchev–Trinajstić information content (AvgIpc) is 2.97. The molecule has 10 nitrogen and oxygen atoms in total. The van der Waals surface area contributed by atoms with Crippen LogP contribution in [0.15, 0.2) is 27.4 Å². The molecule has 28 heavy (non-hydrogen) atoms. The first-order chi connectivity index (χ1) is 13.5. The minimum absolute atomic E-state index is 0.0919. The third-order valence-electron chi connectivity index (χ3n) is 4.45. The van der Waals surface area contributed by atoms with E-state index in [4.69, 9.17) is 14.9 Å². The molecule has 1 atom stereocenters. The van der Waals surface area contributed by atoms with Gasteiger partial charge in [0.05, 0.1) is 12.1 Å². The molecule has 1 aromatic heterocycles. The number of rotatable bonds is 8. The number of nitrogens with two attached hydrogens (primary N) is 1. The highest BCUT2D eigenvalue weighted by atomic mass is 16.6. The van der Waals surface area contributed by atoms with Crippen molar-refractivity contribution in [1.29, 1.82) is 0 Å². The first-order valence-corrected chi connectivity index (χ1v) is 8.94. The number of imide groups is 1. The number of para-hydroxylation sites is 1. The van der Waals surface area contributed by atoms with E-state index in [1.165, 1.54) is 4.57 Å². The van der Waals surface area contributed by atoms with E-state index in [-0.39, 0.29) is 32.0 Å². The van der Waals surface area contributed by atoms with Crippen LogP contribution in [0.5, 0.6) is 0 Å². The first-order valence-electron chi connectivity index (χ1n) is 8.94. The third-order valence-corrected chi connectivity index (χ3v) is 4.45. The number of piperidine rings is 1. The number of aryl methyl sites for hydroxylation is 1. The summed E-state index contributed by atoms with van der Waals surface area (Å²) in [6.45, 7) is 0.763. The summed E-state index contributed by atoms with van der Waals surface area (Å²) in [4.78, 5) is 46.3. The van der Waals surface area contributed by atoms with Crippen molar-refractivity contribution in [3.63, 3.8) is 0 Å². The lowest BCUT2D eigenvalue weighted by Gasteiger charge is -2.21. The number of aromatic nitrogens is 1. The molecule has 0 radical (unpaired) electrons. The number of nitrogens with one attached hydrogen (secondary N) is 1. The molecule has 1 fully saturated rings. The molecule has 1 saturated heterocycles. The van der Waals surface area contributed by atoms with Crippen molar-refractivity contribution in [1.82, 2.24) is 9.88 Å². The normalized spacial score (nSPS) is 16.9. The summed E-state index contributed by atoms with van der Waals surface area (Å²) in [5.74, 6) is -1.47. The fourth-order valence-electron chi connectivity index (χ4n) is 3.20. The Bertz CT molecular complexity index is 946. The van der Waals surface area contributed by atoms with Crippen LogP contribution < -0.4 is 16.8 Å². The summed E-state index contributed by atoms with van der Waals surface area (Å²) in [6, 6.07) is 4.58. The van der Waals surface area contributed by atoms with Crippen LogP contribution in [-0.2, 0) is 25.5 Å². The van der Waals surface area contributed by atoms with E-state index in [2.05, 4.69) is 10.1 Å². The summed E-state index contributed by atoms with van der Waals surface area (Å²) in [7, 11) is 0. The summed E-state index contributed by atoms with van der Waals surface area (Å²) in [6.07, 6.45) is 0.835. The van der Waals surface area contributed by atoms with Gasteiger partial charge in [-0.05, 0) is 30.9 Å². The molecule has 10 heteroatoms. The number of oxazole rings is 1. The smallest absolute Gasteiger partial charge is 0.420 e. The predicted octanol–water partition coefficient (Wildman–Crippen LogP) is 0.617. The zero-order valence-corrected chi connectivity index (χ0v) is 15.1. The molecule has 3 amide bonds. The van der Waals surface area contributed by atoms with Gasteiger partial charge in [0.15, 0.2) is 5.58 Å². The van der Waals surface area contributed by atoms with Crippen LogP contribution in [0, 0.1) is 0 Å². The highest BCUT2D eigenvalue weighted by molar-refractivity contribution is 6.00. The molecule has 150 valence electrons. The summed E-state index contributed by atoms with van der Waals surface area (Å²) < 4.78 is 16.6. The van der Waals surface area contributed by atoms with Crippen LogP contribution in [0.1, 0.15) is 30.9 Å². The molecule has 3 N–H and O–H groups in total. The molecule has 0 aliphatic carbocycles. The van der Waals surface area contributed by atoms with E-state index in [1.807, 2.05) is 6.07 Å². The van der Waals surface area contributed by atoms with Crippen LogP contribution >= 0.6 is 0 Å². The molecule has 1 aromatic carbocycles. The Kier molecular flexibility index (Phi) is 6.09. The number of benzene rings is 1. The Balaban J connectivity index is 1.67. The Morgan fingerprint density at radius 1 is 1.25 bits per heavy atom. The molecule has 2 heterocycles. The Labute approximate surface area is 159 Å². The predicted molar refractivity (Wildman–Crippen MR) is 96.6 cm³/mol. The van der Waals surface area contributed by atoms with E-state index in [0.717, 1.165) is 5.56 Å². The van der Waals surface area contributed by atoms with E-state index in [1.54, 1.807) is 12.1 Å². The summed E-state index contributed by atoms with van der Waals surface area (Å²) in [5.41, 5.74) is 6.61. The van der Waals surface area contributed by atoms with Gasteiger partial charge in [0, 0.05) is 13.0 Å². The van der Waals surface area contributed by atoms with E-state index in [0.29, 0.717) is 30.5 Å². The van der Waals surface area contributed by atoms with Crippen molar-refractivity contribution < 1.29 is 28.3 Å². The first kappa shape index (κ1) is 19.6. The molecule has 0 saturated carbocycles. The highest BCUT2D eigenvalue weighted by Crippen LogP contribution is 2.25. The van der Waals surface area contributed by atoms with Gasteiger partial charge in [0.1, 0.15) is 12.6 Å². The van der Waals surface area contributed by atoms with Crippen molar-refractivity contribution in [3.8, 4) is 0 Å². The van der Waals surface area contributed by atoms with Gasteiger partial charge in [-0.25, -0.2) is 9.59 Å². The average molecular weight is 391 g/mol. The maximum Gasteiger partial charge on any atom is 0.420 e. The quantitative estimate of drug-likeness (QED) is 0.496. The van der Waals surface area contributed by atoms with Crippen LogP contribution in [0.25, 0.3) is 11.1 Å². The number of hydrogen-bond acceptors (Lipinski definition) is 7. The monoisotopic (exact) mass is 391 g/mol. The highest BCUT2D eigenvalue weighted by Gasteiger charge is 2.31. The molecular formula is C18H21N3O7. The second-order valence-corrected chi connectivity index (χ2v) is 6.35. The van der Waals surface area contributed by atoms with Gasteiger partial charge in [0.25, 0.3) is 0 Å². The minimum Gasteiger partial charge on any atom is -0.447 e. The van der Waals surface area contributed by atoms with Gasteiger partial charge in [-0.1, -0.05) is 12.1 Å². The standard InChI is InChI=1S/C18H21N3O7/c19-17(24)27-10-9-26-8-2-4-11-3-1-5-12-15(11)28-18(25)21(12)13-6-7-14(22)20-16(13)23/h1,3,5,13H,2,4,6-10H2,(H2,19,24)(H,20,22,23). The van der Waals surface area contributed by atoms with Crippen molar-refractivity contribution in [3.05, 3.63) is 34.3 Å². The number of primary amides is 1. The lowest BCUT2D eigenvalue weighted by Crippen LogP contribution is -2.43. The minimum atomic E-state index is -0.842. The van der Waals surface area contributed by atoms with Gasteiger partial charge in [-0.3, -0.25) is 19.5 Å². The lowest BCUT2D eigenvalue weighted by molar-refractivity contribution is -0.135.